The van der Waals surface area contributed by atoms with Crippen molar-refractivity contribution in [3.05, 3.63) is 58.7 Å². The van der Waals surface area contributed by atoms with Crippen LogP contribution >= 0.6 is 8.58 Å². The molecule has 0 aromatic heterocycles. The minimum Gasteiger partial charge on any atom is -0.0779 e. The Balaban J connectivity index is 2.01. The first kappa shape index (κ1) is 19.5. The molecule has 2 aliphatic carbocycles. The fourth-order valence-corrected chi connectivity index (χ4v) is 5.29. The van der Waals surface area contributed by atoms with Crippen molar-refractivity contribution in [1.82, 2.24) is 0 Å². The van der Waals surface area contributed by atoms with Gasteiger partial charge in [-0.15, -0.1) is 0 Å². The molecule has 0 bridgehead atoms. The van der Waals surface area contributed by atoms with Crippen molar-refractivity contribution in [3.8, 4) is 0 Å². The number of allylic oxidation sites excluding steroid dienone is 8. The molecule has 0 N–H and O–H groups in total. The van der Waals surface area contributed by atoms with E-state index in [2.05, 4.69) is 90.5 Å². The third kappa shape index (κ3) is 4.60. The third-order valence-electron chi connectivity index (χ3n) is 5.61. The second kappa shape index (κ2) is 7.57. The molecule has 0 amide bonds. The van der Waals surface area contributed by atoms with E-state index in [1.807, 2.05) is 0 Å². The predicted octanol–water partition coefficient (Wildman–Crippen LogP) is 7.62. The van der Waals surface area contributed by atoms with Gasteiger partial charge in [0.15, 0.2) is 0 Å². The Morgan fingerprint density at radius 3 is 2.46 bits per heavy atom. The van der Waals surface area contributed by atoms with Gasteiger partial charge in [0.25, 0.3) is 0 Å². The van der Waals surface area contributed by atoms with E-state index in [-0.39, 0.29) is 5.41 Å². The van der Waals surface area contributed by atoms with Crippen LogP contribution in [0, 0.1) is 22.7 Å². The molecule has 0 aliphatic heterocycles. The Morgan fingerprint density at radius 1 is 1.12 bits per heavy atom. The molecule has 1 unspecified atom stereocenters. The predicted molar refractivity (Wildman–Crippen MR) is 112 cm³/mol. The highest BCUT2D eigenvalue weighted by Gasteiger charge is 2.30. The fraction of sp³-hybridized carbons (Fsp3) is 0.565. The summed E-state index contributed by atoms with van der Waals surface area (Å²) in [4.78, 5) is 0. The monoisotopic (exact) mass is 342 g/mol. The average molecular weight is 343 g/mol. The van der Waals surface area contributed by atoms with Gasteiger partial charge in [-0.3, -0.25) is 0 Å². The van der Waals surface area contributed by atoms with Crippen LogP contribution in [0.25, 0.3) is 0 Å². The molecule has 0 heterocycles. The minimum atomic E-state index is 0.226. The Bertz CT molecular complexity index is 608. The van der Waals surface area contributed by atoms with E-state index in [1.54, 1.807) is 11.1 Å². The molecule has 0 saturated carbocycles. The highest BCUT2D eigenvalue weighted by molar-refractivity contribution is 7.45. The van der Waals surface area contributed by atoms with E-state index in [4.69, 9.17) is 0 Å². The average Bonchev–Trinajstić information content (AvgIpc) is 2.42. The quantitative estimate of drug-likeness (QED) is 0.461. The standard InChI is InChI=1S/C23H35P/c1-17-15-19(3)21(23(6,7)16-17)11-14-24-13-10-20-18(2)9-8-12-22(20,4)5/h8-14,17,20,24H,15-16H2,1-7H3/t17-,20+/m1/s1. The Labute approximate surface area is 151 Å². The summed E-state index contributed by atoms with van der Waals surface area (Å²) >= 11 is 0. The van der Waals surface area contributed by atoms with E-state index < -0.39 is 0 Å². The first-order chi connectivity index (χ1) is 11.1. The van der Waals surface area contributed by atoms with Crippen molar-refractivity contribution in [2.24, 2.45) is 22.7 Å². The second-order valence-electron chi connectivity index (χ2n) is 9.02. The van der Waals surface area contributed by atoms with Crippen molar-refractivity contribution in [1.29, 1.82) is 0 Å². The molecule has 0 aromatic carbocycles. The first-order valence-electron chi connectivity index (χ1n) is 9.29. The van der Waals surface area contributed by atoms with Gasteiger partial charge < -0.3 is 0 Å². The van der Waals surface area contributed by atoms with Crippen LogP contribution in [0.15, 0.2) is 58.7 Å². The van der Waals surface area contributed by atoms with E-state index >= 15 is 0 Å². The molecule has 24 heavy (non-hydrogen) atoms. The molecule has 0 aromatic rings. The molecular weight excluding hydrogens is 307 g/mol. The van der Waals surface area contributed by atoms with Gasteiger partial charge >= 0.3 is 0 Å². The first-order valence-corrected chi connectivity index (χ1v) is 10.4. The molecule has 2 aliphatic rings. The van der Waals surface area contributed by atoms with Crippen LogP contribution in [0.4, 0.5) is 0 Å². The van der Waals surface area contributed by atoms with Crippen molar-refractivity contribution in [2.45, 2.75) is 61.3 Å². The molecule has 132 valence electrons. The fourth-order valence-electron chi connectivity index (χ4n) is 4.61. The lowest BCUT2D eigenvalue weighted by Gasteiger charge is -2.36. The highest BCUT2D eigenvalue weighted by atomic mass is 31.1. The van der Waals surface area contributed by atoms with E-state index in [1.165, 1.54) is 18.4 Å². The summed E-state index contributed by atoms with van der Waals surface area (Å²) in [5.41, 5.74) is 5.17. The van der Waals surface area contributed by atoms with Crippen LogP contribution < -0.4 is 0 Å². The zero-order valence-electron chi connectivity index (χ0n) is 16.6. The number of rotatable bonds is 4. The Kier molecular flexibility index (Phi) is 6.14. The lowest BCUT2D eigenvalue weighted by molar-refractivity contribution is 0.307. The number of hydrogen-bond donors (Lipinski definition) is 0. The van der Waals surface area contributed by atoms with Crippen LogP contribution in [0.3, 0.4) is 0 Å². The van der Waals surface area contributed by atoms with Gasteiger partial charge in [0.1, 0.15) is 0 Å². The van der Waals surface area contributed by atoms with Crippen molar-refractivity contribution >= 4 is 8.58 Å². The smallest absolute Gasteiger partial charge is 0.00665 e. The summed E-state index contributed by atoms with van der Waals surface area (Å²) in [5, 5.41) is 0. The molecule has 0 fully saturated rings. The van der Waals surface area contributed by atoms with Gasteiger partial charge in [-0.1, -0.05) is 96.4 Å². The molecule has 1 heteroatoms. The zero-order chi connectivity index (χ0) is 18.0. The van der Waals surface area contributed by atoms with Crippen LogP contribution in [0.2, 0.25) is 0 Å². The maximum atomic E-state index is 2.41. The molecule has 0 saturated heterocycles. The van der Waals surface area contributed by atoms with Gasteiger partial charge in [0.2, 0.25) is 0 Å². The topological polar surface area (TPSA) is 0 Å². The maximum Gasteiger partial charge on any atom is 0.00665 e. The van der Waals surface area contributed by atoms with E-state index in [0.29, 0.717) is 11.3 Å². The maximum absolute atomic E-state index is 2.41. The third-order valence-corrected chi connectivity index (χ3v) is 6.35. The lowest BCUT2D eigenvalue weighted by Crippen LogP contribution is -2.23. The van der Waals surface area contributed by atoms with Crippen LogP contribution in [-0.2, 0) is 0 Å². The van der Waals surface area contributed by atoms with Crippen LogP contribution in [0.5, 0.6) is 0 Å². The normalized spacial score (nSPS) is 30.0. The Hall–Kier alpha value is -0.870. The minimum absolute atomic E-state index is 0.226. The van der Waals surface area contributed by atoms with Crippen LogP contribution in [-0.4, -0.2) is 0 Å². The molecule has 3 atom stereocenters. The molecule has 2 rings (SSSR count). The zero-order valence-corrected chi connectivity index (χ0v) is 17.6. The van der Waals surface area contributed by atoms with Gasteiger partial charge in [-0.2, -0.15) is 0 Å². The van der Waals surface area contributed by atoms with Gasteiger partial charge in [-0.05, 0) is 49.0 Å². The lowest BCUT2D eigenvalue weighted by atomic mass is 9.69. The molecule has 0 radical (unpaired) electrons. The highest BCUT2D eigenvalue weighted by Crippen LogP contribution is 2.44. The van der Waals surface area contributed by atoms with Crippen molar-refractivity contribution in [2.75, 3.05) is 0 Å². The van der Waals surface area contributed by atoms with E-state index in [0.717, 1.165) is 14.5 Å². The van der Waals surface area contributed by atoms with Crippen molar-refractivity contribution in [3.63, 3.8) is 0 Å². The van der Waals surface area contributed by atoms with Crippen molar-refractivity contribution < 1.29 is 0 Å². The van der Waals surface area contributed by atoms with Crippen LogP contribution in [0.1, 0.15) is 61.3 Å². The largest absolute Gasteiger partial charge is 0.0779 e. The number of hydrogen-bond acceptors (Lipinski definition) is 0. The molecule has 0 spiro atoms. The molecular formula is C23H35P. The van der Waals surface area contributed by atoms with E-state index in [9.17, 15) is 0 Å². The summed E-state index contributed by atoms with van der Waals surface area (Å²) in [6.07, 6.45) is 14.1. The van der Waals surface area contributed by atoms with Gasteiger partial charge in [0.05, 0.1) is 0 Å². The Morgan fingerprint density at radius 2 is 1.83 bits per heavy atom. The summed E-state index contributed by atoms with van der Waals surface area (Å²) < 4.78 is 0. The summed E-state index contributed by atoms with van der Waals surface area (Å²) in [6, 6.07) is 0. The van der Waals surface area contributed by atoms with Gasteiger partial charge in [0, 0.05) is 5.92 Å². The van der Waals surface area contributed by atoms with Gasteiger partial charge in [-0.25, -0.2) is 0 Å². The summed E-state index contributed by atoms with van der Waals surface area (Å²) in [5.74, 6) is 6.08. The summed E-state index contributed by atoms with van der Waals surface area (Å²) in [6.45, 7) is 16.4. The second-order valence-corrected chi connectivity index (χ2v) is 10.0. The summed E-state index contributed by atoms with van der Waals surface area (Å²) in [7, 11) is 0.760. The SMILES string of the molecule is CC1=CC=CC(C)(C)[C@H]1C=CPC=CC1=C(C)C[C@@H](C)CC1(C)C. The molecule has 0 nitrogen and oxygen atoms in total.